The van der Waals surface area contributed by atoms with Gasteiger partial charge >= 0.3 is 5.97 Å². The Hall–Kier alpha value is -0.570. The highest BCUT2D eigenvalue weighted by atomic mass is 16.6. The van der Waals surface area contributed by atoms with E-state index in [4.69, 9.17) is 9.47 Å². The van der Waals surface area contributed by atoms with Gasteiger partial charge in [-0.15, -0.1) is 0 Å². The Kier molecular flexibility index (Phi) is 1.95. The van der Waals surface area contributed by atoms with E-state index in [1.165, 1.54) is 12.8 Å². The fourth-order valence-electron chi connectivity index (χ4n) is 5.14. The molecule has 0 amide bonds. The van der Waals surface area contributed by atoms with Crippen molar-refractivity contribution in [1.29, 1.82) is 0 Å². The van der Waals surface area contributed by atoms with Crippen LogP contribution in [0.25, 0.3) is 0 Å². The first-order valence-electron chi connectivity index (χ1n) is 7.32. The molecule has 2 saturated carbocycles. The molecule has 0 N–H and O–H groups in total. The van der Waals surface area contributed by atoms with Crippen molar-refractivity contribution in [3.8, 4) is 0 Å². The van der Waals surface area contributed by atoms with Crippen LogP contribution in [0.15, 0.2) is 0 Å². The predicted octanol–water partition coefficient (Wildman–Crippen LogP) is 2.53. The largest absolute Gasteiger partial charge is 0.462 e. The molecule has 0 unspecified atom stereocenters. The normalized spacial score (nSPS) is 61.5. The molecule has 4 rings (SSSR count). The summed E-state index contributed by atoms with van der Waals surface area (Å²) in [4.78, 5) is 11.8. The standard InChI is InChI=1S/C15H22O3/c1-8-9-6-11-14(2,7-10(9)17-13(8)16)5-4-12-15(11,3)18-12/h8-12H,4-7H2,1-3H3/t8-,9-,10-,11-,12+,14-,15-/m0/s1. The molecule has 3 heteroatoms. The van der Waals surface area contributed by atoms with Crippen molar-refractivity contribution in [2.75, 3.05) is 0 Å². The lowest BCUT2D eigenvalue weighted by Crippen LogP contribution is -2.50. The van der Waals surface area contributed by atoms with E-state index >= 15 is 0 Å². The van der Waals surface area contributed by atoms with Crippen LogP contribution in [0, 0.1) is 23.2 Å². The van der Waals surface area contributed by atoms with Crippen LogP contribution >= 0.6 is 0 Å². The summed E-state index contributed by atoms with van der Waals surface area (Å²) in [5.41, 5.74) is 0.413. The van der Waals surface area contributed by atoms with Gasteiger partial charge in [0, 0.05) is 5.92 Å². The molecule has 0 aromatic rings. The molecule has 3 nitrogen and oxygen atoms in total. The number of ether oxygens (including phenoxy) is 2. The van der Waals surface area contributed by atoms with E-state index in [9.17, 15) is 4.79 Å². The Morgan fingerprint density at radius 3 is 2.89 bits per heavy atom. The summed E-state index contributed by atoms with van der Waals surface area (Å²) in [5.74, 6) is 1.14. The van der Waals surface area contributed by atoms with Crippen molar-refractivity contribution in [3.05, 3.63) is 0 Å². The van der Waals surface area contributed by atoms with Crippen molar-refractivity contribution >= 4 is 5.97 Å². The smallest absolute Gasteiger partial charge is 0.309 e. The summed E-state index contributed by atoms with van der Waals surface area (Å²) in [7, 11) is 0. The third-order valence-electron chi connectivity index (χ3n) is 6.42. The minimum absolute atomic E-state index is 0.0191. The zero-order chi connectivity index (χ0) is 12.7. The Bertz CT molecular complexity index is 420. The molecule has 4 fully saturated rings. The monoisotopic (exact) mass is 250 g/mol. The molecule has 100 valence electrons. The van der Waals surface area contributed by atoms with Gasteiger partial charge in [-0.3, -0.25) is 4.79 Å². The number of esters is 1. The Labute approximate surface area is 108 Å². The summed E-state index contributed by atoms with van der Waals surface area (Å²) in [6.07, 6.45) is 5.23. The summed E-state index contributed by atoms with van der Waals surface area (Å²) in [6.45, 7) is 6.70. The number of fused-ring (bicyclic) bond motifs is 4. The lowest BCUT2D eigenvalue weighted by molar-refractivity contribution is -0.146. The van der Waals surface area contributed by atoms with Crippen LogP contribution in [0.5, 0.6) is 0 Å². The van der Waals surface area contributed by atoms with Crippen LogP contribution in [0.3, 0.4) is 0 Å². The molecule has 2 heterocycles. The summed E-state index contributed by atoms with van der Waals surface area (Å²) in [6, 6.07) is 0. The first-order valence-corrected chi connectivity index (χ1v) is 7.32. The molecular formula is C15H22O3. The maximum absolute atomic E-state index is 11.8. The lowest BCUT2D eigenvalue weighted by Gasteiger charge is -2.50. The number of carbonyl (C=O) groups is 1. The minimum Gasteiger partial charge on any atom is -0.462 e. The average molecular weight is 250 g/mol. The molecule has 0 bridgehead atoms. The van der Waals surface area contributed by atoms with Gasteiger partial charge < -0.3 is 9.47 Å². The molecule has 18 heavy (non-hydrogen) atoms. The highest BCUT2D eigenvalue weighted by Gasteiger charge is 2.68. The van der Waals surface area contributed by atoms with Gasteiger partial charge in [0.25, 0.3) is 0 Å². The van der Waals surface area contributed by atoms with Crippen molar-refractivity contribution in [2.24, 2.45) is 23.2 Å². The van der Waals surface area contributed by atoms with E-state index in [1.807, 2.05) is 6.92 Å². The van der Waals surface area contributed by atoms with E-state index in [-0.39, 0.29) is 23.6 Å². The highest BCUT2D eigenvalue weighted by Crippen LogP contribution is 2.65. The molecule has 0 radical (unpaired) electrons. The van der Waals surface area contributed by atoms with Gasteiger partial charge in [-0.1, -0.05) is 13.8 Å². The second-order valence-corrected chi connectivity index (χ2v) is 7.40. The van der Waals surface area contributed by atoms with Gasteiger partial charge in [-0.05, 0) is 43.9 Å². The van der Waals surface area contributed by atoms with Crippen LogP contribution < -0.4 is 0 Å². The molecule has 0 aromatic carbocycles. The lowest BCUT2D eigenvalue weighted by atomic mass is 9.53. The first-order chi connectivity index (χ1) is 8.44. The Balaban J connectivity index is 1.67. The van der Waals surface area contributed by atoms with E-state index in [1.54, 1.807) is 0 Å². The molecule has 0 spiro atoms. The topological polar surface area (TPSA) is 38.8 Å². The molecule has 0 aromatic heterocycles. The first kappa shape index (κ1) is 11.3. The molecule has 2 aliphatic carbocycles. The molecule has 4 aliphatic rings. The second kappa shape index (κ2) is 3.12. The van der Waals surface area contributed by atoms with Crippen LogP contribution in [-0.2, 0) is 14.3 Å². The van der Waals surface area contributed by atoms with Crippen LogP contribution in [0.1, 0.15) is 46.5 Å². The Morgan fingerprint density at radius 1 is 1.33 bits per heavy atom. The van der Waals surface area contributed by atoms with E-state index in [0.717, 1.165) is 12.8 Å². The zero-order valence-electron chi connectivity index (χ0n) is 11.4. The fraction of sp³-hybridized carbons (Fsp3) is 0.933. The number of rotatable bonds is 0. The quantitative estimate of drug-likeness (QED) is 0.490. The summed E-state index contributed by atoms with van der Waals surface area (Å²) < 4.78 is 11.6. The summed E-state index contributed by atoms with van der Waals surface area (Å²) >= 11 is 0. The fourth-order valence-corrected chi connectivity index (χ4v) is 5.14. The maximum atomic E-state index is 11.8. The van der Waals surface area contributed by atoms with Gasteiger partial charge in [0.15, 0.2) is 0 Å². The third kappa shape index (κ3) is 1.21. The van der Waals surface area contributed by atoms with Gasteiger partial charge in [-0.2, -0.15) is 0 Å². The van der Waals surface area contributed by atoms with Gasteiger partial charge in [-0.25, -0.2) is 0 Å². The van der Waals surface area contributed by atoms with Crippen molar-refractivity contribution in [3.63, 3.8) is 0 Å². The molecular weight excluding hydrogens is 228 g/mol. The SMILES string of the molecule is C[C@@H]1C(=O)O[C@H]2C[C@]3(C)CC[C@H]4O[C@@]4(C)[C@H]3C[C@H]21. The van der Waals surface area contributed by atoms with E-state index in [2.05, 4.69) is 13.8 Å². The number of hydrogen-bond donors (Lipinski definition) is 0. The van der Waals surface area contributed by atoms with Gasteiger partial charge in [0.2, 0.25) is 0 Å². The molecule has 7 atom stereocenters. The average Bonchev–Trinajstić information content (AvgIpc) is 2.91. The highest BCUT2D eigenvalue weighted by molar-refractivity contribution is 5.75. The zero-order valence-corrected chi connectivity index (χ0v) is 11.4. The van der Waals surface area contributed by atoms with Crippen molar-refractivity contribution in [2.45, 2.75) is 64.3 Å². The van der Waals surface area contributed by atoms with E-state index in [0.29, 0.717) is 23.4 Å². The third-order valence-corrected chi connectivity index (χ3v) is 6.42. The number of hydrogen-bond acceptors (Lipinski definition) is 3. The minimum atomic E-state index is 0.0191. The summed E-state index contributed by atoms with van der Waals surface area (Å²) in [5, 5.41) is 0. The van der Waals surface area contributed by atoms with Crippen LogP contribution in [0.2, 0.25) is 0 Å². The number of carbonyl (C=O) groups excluding carboxylic acids is 1. The molecule has 2 aliphatic heterocycles. The number of epoxide rings is 1. The maximum Gasteiger partial charge on any atom is 0.309 e. The Morgan fingerprint density at radius 2 is 2.11 bits per heavy atom. The van der Waals surface area contributed by atoms with Crippen LogP contribution in [0.4, 0.5) is 0 Å². The predicted molar refractivity (Wildman–Crippen MR) is 65.9 cm³/mol. The van der Waals surface area contributed by atoms with Crippen molar-refractivity contribution < 1.29 is 14.3 Å². The van der Waals surface area contributed by atoms with Crippen molar-refractivity contribution in [1.82, 2.24) is 0 Å². The van der Waals surface area contributed by atoms with Gasteiger partial charge in [0.05, 0.1) is 17.6 Å². The molecule has 2 saturated heterocycles. The van der Waals surface area contributed by atoms with Gasteiger partial charge in [0.1, 0.15) is 6.10 Å². The van der Waals surface area contributed by atoms with E-state index < -0.39 is 0 Å². The second-order valence-electron chi connectivity index (χ2n) is 7.40. The van der Waals surface area contributed by atoms with Crippen LogP contribution in [-0.4, -0.2) is 23.8 Å².